The van der Waals surface area contributed by atoms with Crippen LogP contribution in [0.15, 0.2) is 47.2 Å². The van der Waals surface area contributed by atoms with Crippen LogP contribution < -0.4 is 15.0 Å². The number of fused-ring (bicyclic) bond motifs is 3. The van der Waals surface area contributed by atoms with Crippen molar-refractivity contribution in [3.8, 4) is 16.9 Å². The molecular weight excluding hydrogens is 406 g/mol. The molecule has 0 bridgehead atoms. The molecule has 162 valence electrons. The van der Waals surface area contributed by atoms with E-state index in [4.69, 9.17) is 9.26 Å². The SMILES string of the molecule is CCN1C(=O)C(c2ccccn2)Nc2c1cnc1cc(-c3c(C)noc3C)c(OC)cc21. The second-order valence-electron chi connectivity index (χ2n) is 7.70. The number of anilines is 2. The zero-order chi connectivity index (χ0) is 22.4. The number of nitrogens with one attached hydrogen (secondary N) is 1. The van der Waals surface area contributed by atoms with E-state index >= 15 is 0 Å². The van der Waals surface area contributed by atoms with Crippen LogP contribution in [0.2, 0.25) is 0 Å². The minimum Gasteiger partial charge on any atom is -0.496 e. The molecule has 4 aromatic rings. The summed E-state index contributed by atoms with van der Waals surface area (Å²) in [6, 6.07) is 8.92. The molecule has 32 heavy (non-hydrogen) atoms. The first-order chi connectivity index (χ1) is 15.5. The lowest BCUT2D eigenvalue weighted by Gasteiger charge is -2.35. The molecule has 8 heteroatoms. The Morgan fingerprint density at radius 3 is 2.72 bits per heavy atom. The fourth-order valence-electron chi connectivity index (χ4n) is 4.35. The fourth-order valence-corrected chi connectivity index (χ4v) is 4.35. The number of hydrogen-bond acceptors (Lipinski definition) is 7. The molecule has 0 radical (unpaired) electrons. The normalized spacial score (nSPS) is 15.6. The molecule has 8 nitrogen and oxygen atoms in total. The third kappa shape index (κ3) is 2.98. The molecule has 4 heterocycles. The van der Waals surface area contributed by atoms with Gasteiger partial charge in [-0.25, -0.2) is 0 Å². The van der Waals surface area contributed by atoms with Crippen LogP contribution in [0.4, 0.5) is 11.4 Å². The van der Waals surface area contributed by atoms with E-state index in [-0.39, 0.29) is 5.91 Å². The molecule has 1 N–H and O–H groups in total. The number of amides is 1. The molecule has 5 rings (SSSR count). The lowest BCUT2D eigenvalue weighted by atomic mass is 9.98. The van der Waals surface area contributed by atoms with Crippen molar-refractivity contribution >= 4 is 28.2 Å². The van der Waals surface area contributed by atoms with Gasteiger partial charge in [-0.15, -0.1) is 0 Å². The summed E-state index contributed by atoms with van der Waals surface area (Å²) in [6.45, 7) is 6.26. The van der Waals surface area contributed by atoms with Gasteiger partial charge in [-0.3, -0.25) is 14.8 Å². The number of aryl methyl sites for hydroxylation is 2. The predicted octanol–water partition coefficient (Wildman–Crippen LogP) is 4.43. The molecule has 0 spiro atoms. The fraction of sp³-hybridized carbons (Fsp3) is 0.250. The van der Waals surface area contributed by atoms with E-state index < -0.39 is 6.04 Å². The number of hydrogen-bond donors (Lipinski definition) is 1. The minimum atomic E-state index is -0.581. The Morgan fingerprint density at radius 1 is 1.22 bits per heavy atom. The second-order valence-corrected chi connectivity index (χ2v) is 7.70. The molecule has 1 aromatic carbocycles. The summed E-state index contributed by atoms with van der Waals surface area (Å²) in [5.41, 5.74) is 5.56. The molecule has 1 amide bonds. The predicted molar refractivity (Wildman–Crippen MR) is 122 cm³/mol. The zero-order valence-electron chi connectivity index (χ0n) is 18.3. The Labute approximate surface area is 185 Å². The molecule has 1 aliphatic rings. The number of pyridine rings is 2. The highest BCUT2D eigenvalue weighted by molar-refractivity contribution is 6.11. The standard InChI is InChI=1S/C24H23N5O3/c1-5-29-19-12-26-18-10-16(21-13(2)28-32-14(21)3)20(31-4)11-15(18)22(19)27-23(24(29)30)17-8-6-7-9-25-17/h6-12,23,27H,5H2,1-4H3. The molecule has 0 aliphatic carbocycles. The number of aromatic nitrogens is 3. The number of likely N-dealkylation sites (N-methyl/N-ethyl adjacent to an activating group) is 1. The van der Waals surface area contributed by atoms with Crippen molar-refractivity contribution in [1.82, 2.24) is 15.1 Å². The molecule has 3 aromatic heterocycles. The summed E-state index contributed by atoms with van der Waals surface area (Å²) in [5.74, 6) is 1.34. The van der Waals surface area contributed by atoms with Gasteiger partial charge in [0.1, 0.15) is 17.6 Å². The van der Waals surface area contributed by atoms with E-state index in [1.54, 1.807) is 24.4 Å². The van der Waals surface area contributed by atoms with Gasteiger partial charge in [-0.2, -0.15) is 0 Å². The van der Waals surface area contributed by atoms with Crippen LogP contribution in [-0.2, 0) is 4.79 Å². The Hall–Kier alpha value is -3.94. The number of carbonyl (C=O) groups excluding carboxylic acids is 1. The minimum absolute atomic E-state index is 0.0563. The van der Waals surface area contributed by atoms with Crippen LogP contribution in [0.25, 0.3) is 22.0 Å². The van der Waals surface area contributed by atoms with Crippen molar-refractivity contribution in [3.05, 3.63) is 59.9 Å². The van der Waals surface area contributed by atoms with Crippen LogP contribution >= 0.6 is 0 Å². The van der Waals surface area contributed by atoms with E-state index in [2.05, 4.69) is 20.4 Å². The Balaban J connectivity index is 1.73. The first kappa shape index (κ1) is 20.0. The maximum Gasteiger partial charge on any atom is 0.255 e. The van der Waals surface area contributed by atoms with Gasteiger partial charge < -0.3 is 19.5 Å². The average molecular weight is 429 g/mol. The van der Waals surface area contributed by atoms with Crippen molar-refractivity contribution in [1.29, 1.82) is 0 Å². The summed E-state index contributed by atoms with van der Waals surface area (Å²) in [4.78, 5) is 24.0. The van der Waals surface area contributed by atoms with Gasteiger partial charge in [0.05, 0.1) is 47.1 Å². The monoisotopic (exact) mass is 429 g/mol. The van der Waals surface area contributed by atoms with Crippen molar-refractivity contribution in [2.45, 2.75) is 26.8 Å². The number of ether oxygens (including phenoxy) is 1. The molecule has 0 saturated heterocycles. The first-order valence-corrected chi connectivity index (χ1v) is 10.5. The highest BCUT2D eigenvalue weighted by atomic mass is 16.5. The van der Waals surface area contributed by atoms with E-state index in [1.807, 2.05) is 51.1 Å². The van der Waals surface area contributed by atoms with Crippen LogP contribution in [0.1, 0.15) is 30.1 Å². The number of nitrogens with zero attached hydrogens (tertiary/aromatic N) is 4. The van der Waals surface area contributed by atoms with Gasteiger partial charge in [0, 0.05) is 23.7 Å². The molecular formula is C24H23N5O3. The highest BCUT2D eigenvalue weighted by Gasteiger charge is 2.35. The second kappa shape index (κ2) is 7.64. The Morgan fingerprint density at radius 2 is 2.06 bits per heavy atom. The third-order valence-electron chi connectivity index (χ3n) is 5.86. The van der Waals surface area contributed by atoms with E-state index in [0.29, 0.717) is 23.7 Å². The first-order valence-electron chi connectivity index (χ1n) is 10.5. The van der Waals surface area contributed by atoms with Gasteiger partial charge in [-0.1, -0.05) is 11.2 Å². The quantitative estimate of drug-likeness (QED) is 0.513. The van der Waals surface area contributed by atoms with E-state index in [9.17, 15) is 4.79 Å². The highest BCUT2D eigenvalue weighted by Crippen LogP contribution is 2.44. The molecule has 1 aliphatic heterocycles. The lowest BCUT2D eigenvalue weighted by molar-refractivity contribution is -0.119. The van der Waals surface area contributed by atoms with Crippen molar-refractivity contribution in [2.24, 2.45) is 0 Å². The van der Waals surface area contributed by atoms with Crippen molar-refractivity contribution in [3.63, 3.8) is 0 Å². The van der Waals surface area contributed by atoms with Gasteiger partial charge in [-0.05, 0) is 45.0 Å². The Bertz CT molecular complexity index is 1310. The molecule has 0 saturated carbocycles. The van der Waals surface area contributed by atoms with Crippen LogP contribution in [-0.4, -0.2) is 34.7 Å². The zero-order valence-corrected chi connectivity index (χ0v) is 18.3. The smallest absolute Gasteiger partial charge is 0.255 e. The summed E-state index contributed by atoms with van der Waals surface area (Å²) in [6.07, 6.45) is 3.43. The average Bonchev–Trinajstić information content (AvgIpc) is 3.15. The summed E-state index contributed by atoms with van der Waals surface area (Å²) in [5, 5.41) is 8.36. The van der Waals surface area contributed by atoms with Gasteiger partial charge >= 0.3 is 0 Å². The number of rotatable bonds is 4. The summed E-state index contributed by atoms with van der Waals surface area (Å²) in [7, 11) is 1.64. The van der Waals surface area contributed by atoms with Crippen molar-refractivity contribution < 1.29 is 14.1 Å². The van der Waals surface area contributed by atoms with Crippen LogP contribution in [0.5, 0.6) is 5.75 Å². The van der Waals surface area contributed by atoms with Gasteiger partial charge in [0.15, 0.2) is 0 Å². The molecule has 0 fully saturated rings. The van der Waals surface area contributed by atoms with E-state index in [1.165, 1.54) is 0 Å². The maximum absolute atomic E-state index is 13.2. The van der Waals surface area contributed by atoms with Gasteiger partial charge in [0.25, 0.3) is 5.91 Å². The summed E-state index contributed by atoms with van der Waals surface area (Å²) >= 11 is 0. The number of carbonyl (C=O) groups is 1. The van der Waals surface area contributed by atoms with Gasteiger partial charge in [0.2, 0.25) is 0 Å². The van der Waals surface area contributed by atoms with Crippen LogP contribution in [0, 0.1) is 13.8 Å². The van der Waals surface area contributed by atoms with Crippen molar-refractivity contribution in [2.75, 3.05) is 23.9 Å². The third-order valence-corrected chi connectivity index (χ3v) is 5.86. The Kier molecular flexibility index (Phi) is 4.77. The number of benzene rings is 1. The topological polar surface area (TPSA) is 93.4 Å². The summed E-state index contributed by atoms with van der Waals surface area (Å²) < 4.78 is 11.1. The number of methoxy groups -OCH3 is 1. The van der Waals surface area contributed by atoms with Crippen LogP contribution in [0.3, 0.4) is 0 Å². The maximum atomic E-state index is 13.2. The van der Waals surface area contributed by atoms with E-state index in [0.717, 1.165) is 39.1 Å². The largest absolute Gasteiger partial charge is 0.496 e. The lowest BCUT2D eigenvalue weighted by Crippen LogP contribution is -2.42. The molecule has 1 unspecified atom stereocenters. The molecule has 1 atom stereocenters.